The number of benzene rings is 2. The first-order valence-corrected chi connectivity index (χ1v) is 9.74. The summed E-state index contributed by atoms with van der Waals surface area (Å²) in [7, 11) is 0. The number of nitrogens with zero attached hydrogens (tertiary/aromatic N) is 3. The van der Waals surface area contributed by atoms with E-state index in [9.17, 15) is 0 Å². The van der Waals surface area contributed by atoms with E-state index in [0.717, 1.165) is 18.2 Å². The van der Waals surface area contributed by atoms with Crippen LogP contribution in [0.4, 0.5) is 11.4 Å². The van der Waals surface area contributed by atoms with Crippen LogP contribution in [0.1, 0.15) is 32.1 Å². The van der Waals surface area contributed by atoms with Crippen molar-refractivity contribution in [2.75, 3.05) is 11.4 Å². The van der Waals surface area contributed by atoms with Crippen molar-refractivity contribution in [3.8, 4) is 0 Å². The molecule has 1 saturated carbocycles. The average molecular weight is 345 g/mol. The molecule has 2 aromatic rings. The minimum atomic E-state index is 0.252. The van der Waals surface area contributed by atoms with E-state index in [2.05, 4.69) is 77.1 Å². The number of anilines is 1. The molecule has 1 heterocycles. The average Bonchev–Trinajstić information content (AvgIpc) is 3.08. The van der Waals surface area contributed by atoms with Gasteiger partial charge in [-0.05, 0) is 37.1 Å². The first-order chi connectivity index (χ1) is 12.9. The van der Waals surface area contributed by atoms with Crippen molar-refractivity contribution in [1.29, 1.82) is 0 Å². The van der Waals surface area contributed by atoms with Crippen LogP contribution in [0, 0.1) is 0 Å². The van der Waals surface area contributed by atoms with Crippen LogP contribution in [0.3, 0.4) is 0 Å². The van der Waals surface area contributed by atoms with Crippen LogP contribution in [0.25, 0.3) is 0 Å². The lowest BCUT2D eigenvalue weighted by Gasteiger charge is -2.33. The normalized spacial score (nSPS) is 22.8. The van der Waals surface area contributed by atoms with E-state index in [4.69, 9.17) is 4.99 Å². The summed E-state index contributed by atoms with van der Waals surface area (Å²) in [5, 5.41) is 0. The van der Waals surface area contributed by atoms with Crippen LogP contribution < -0.4 is 4.90 Å². The molecule has 1 unspecified atom stereocenters. The standard InChI is InChI=1S/C23H27N3/c1-2-20-18-25(21-14-8-4-9-15-21)23(24-19-12-6-3-7-13-19)26(20)22-16-10-5-11-17-22/h2-3,5-7,10-13,16-17,20-21H,1,4,8-9,14-15,18H2. The van der Waals surface area contributed by atoms with Gasteiger partial charge in [0.2, 0.25) is 5.96 Å². The Morgan fingerprint density at radius 2 is 1.54 bits per heavy atom. The summed E-state index contributed by atoms with van der Waals surface area (Å²) in [6.45, 7) is 5.08. The topological polar surface area (TPSA) is 18.8 Å². The zero-order chi connectivity index (χ0) is 17.8. The van der Waals surface area contributed by atoms with Gasteiger partial charge < -0.3 is 9.80 Å². The van der Waals surface area contributed by atoms with E-state index >= 15 is 0 Å². The predicted octanol–water partition coefficient (Wildman–Crippen LogP) is 5.38. The molecule has 2 fully saturated rings. The third-order valence-corrected chi connectivity index (χ3v) is 5.49. The zero-order valence-electron chi connectivity index (χ0n) is 15.3. The van der Waals surface area contributed by atoms with Gasteiger partial charge >= 0.3 is 0 Å². The first-order valence-electron chi connectivity index (χ1n) is 9.74. The molecule has 1 saturated heterocycles. The number of hydrogen-bond donors (Lipinski definition) is 0. The Morgan fingerprint density at radius 1 is 0.885 bits per heavy atom. The summed E-state index contributed by atoms with van der Waals surface area (Å²) < 4.78 is 0. The Kier molecular flexibility index (Phi) is 5.05. The van der Waals surface area contributed by atoms with Gasteiger partial charge in [0.05, 0.1) is 11.7 Å². The second kappa shape index (κ2) is 7.77. The predicted molar refractivity (Wildman–Crippen MR) is 110 cm³/mol. The van der Waals surface area contributed by atoms with E-state index < -0.39 is 0 Å². The molecule has 134 valence electrons. The molecule has 2 aliphatic rings. The minimum Gasteiger partial charge on any atom is -0.337 e. The van der Waals surface area contributed by atoms with E-state index in [1.54, 1.807) is 0 Å². The number of rotatable bonds is 4. The highest BCUT2D eigenvalue weighted by atomic mass is 15.5. The fourth-order valence-corrected chi connectivity index (χ4v) is 4.17. The largest absolute Gasteiger partial charge is 0.337 e. The van der Waals surface area contributed by atoms with Gasteiger partial charge in [-0.25, -0.2) is 4.99 Å². The van der Waals surface area contributed by atoms with Crippen molar-refractivity contribution in [1.82, 2.24) is 4.90 Å². The van der Waals surface area contributed by atoms with Crippen molar-refractivity contribution in [3.05, 3.63) is 73.3 Å². The van der Waals surface area contributed by atoms with E-state index in [0.29, 0.717) is 6.04 Å². The van der Waals surface area contributed by atoms with Gasteiger partial charge in [0, 0.05) is 18.3 Å². The second-order valence-electron chi connectivity index (χ2n) is 7.20. The molecule has 0 radical (unpaired) electrons. The number of guanidine groups is 1. The molecule has 0 N–H and O–H groups in total. The highest BCUT2D eigenvalue weighted by Gasteiger charge is 2.38. The maximum Gasteiger partial charge on any atom is 0.207 e. The number of aliphatic imine (C=N–C) groups is 1. The van der Waals surface area contributed by atoms with E-state index in [-0.39, 0.29) is 6.04 Å². The Morgan fingerprint density at radius 3 is 2.19 bits per heavy atom. The summed E-state index contributed by atoms with van der Waals surface area (Å²) in [5.41, 5.74) is 2.19. The molecular weight excluding hydrogens is 318 g/mol. The summed E-state index contributed by atoms with van der Waals surface area (Å²) in [6, 6.07) is 21.7. The van der Waals surface area contributed by atoms with Gasteiger partial charge in [0.15, 0.2) is 0 Å². The lowest BCUT2D eigenvalue weighted by molar-refractivity contribution is 0.257. The lowest BCUT2D eigenvalue weighted by Crippen LogP contribution is -2.41. The van der Waals surface area contributed by atoms with E-state index in [1.165, 1.54) is 37.8 Å². The minimum absolute atomic E-state index is 0.252. The van der Waals surface area contributed by atoms with Crippen molar-refractivity contribution >= 4 is 17.3 Å². The molecule has 3 heteroatoms. The van der Waals surface area contributed by atoms with Crippen LogP contribution >= 0.6 is 0 Å². The van der Waals surface area contributed by atoms with Gasteiger partial charge in [-0.3, -0.25) is 0 Å². The molecule has 0 bridgehead atoms. The van der Waals surface area contributed by atoms with Gasteiger partial charge in [-0.1, -0.05) is 61.7 Å². The van der Waals surface area contributed by atoms with Crippen LogP contribution in [-0.2, 0) is 0 Å². The summed E-state index contributed by atoms with van der Waals surface area (Å²) in [4.78, 5) is 9.98. The van der Waals surface area contributed by atoms with Gasteiger partial charge in [0.25, 0.3) is 0 Å². The summed E-state index contributed by atoms with van der Waals surface area (Å²) in [5.74, 6) is 1.07. The molecule has 26 heavy (non-hydrogen) atoms. The second-order valence-corrected chi connectivity index (χ2v) is 7.20. The lowest BCUT2D eigenvalue weighted by atomic mass is 9.94. The smallest absolute Gasteiger partial charge is 0.207 e. The molecule has 0 spiro atoms. The van der Waals surface area contributed by atoms with Crippen molar-refractivity contribution in [3.63, 3.8) is 0 Å². The monoisotopic (exact) mass is 345 g/mol. The maximum absolute atomic E-state index is 5.09. The van der Waals surface area contributed by atoms with Crippen LogP contribution in [0.5, 0.6) is 0 Å². The number of hydrogen-bond acceptors (Lipinski definition) is 1. The van der Waals surface area contributed by atoms with Crippen molar-refractivity contribution in [2.45, 2.75) is 44.2 Å². The Labute approximate surface area is 156 Å². The quantitative estimate of drug-likeness (QED) is 0.693. The molecule has 4 rings (SSSR count). The molecule has 1 aliphatic heterocycles. The molecule has 2 aromatic carbocycles. The molecular formula is C23H27N3. The van der Waals surface area contributed by atoms with E-state index in [1.807, 2.05) is 6.07 Å². The highest BCUT2D eigenvalue weighted by molar-refractivity contribution is 6.01. The first kappa shape index (κ1) is 16.9. The Bertz CT molecular complexity index is 748. The van der Waals surface area contributed by atoms with Gasteiger partial charge in [0.1, 0.15) is 0 Å². The Hall–Kier alpha value is -2.55. The molecule has 1 aliphatic carbocycles. The van der Waals surface area contributed by atoms with Gasteiger partial charge in [-0.15, -0.1) is 6.58 Å². The van der Waals surface area contributed by atoms with Crippen LogP contribution in [0.2, 0.25) is 0 Å². The fraction of sp³-hybridized carbons (Fsp3) is 0.348. The highest BCUT2D eigenvalue weighted by Crippen LogP contribution is 2.32. The molecule has 0 aromatic heterocycles. The third-order valence-electron chi connectivity index (χ3n) is 5.49. The Balaban J connectivity index is 1.76. The maximum atomic E-state index is 5.09. The van der Waals surface area contributed by atoms with Crippen LogP contribution in [-0.4, -0.2) is 29.5 Å². The van der Waals surface area contributed by atoms with Crippen molar-refractivity contribution in [2.24, 2.45) is 4.99 Å². The third kappa shape index (κ3) is 3.39. The zero-order valence-corrected chi connectivity index (χ0v) is 15.3. The summed E-state index contributed by atoms with van der Waals surface area (Å²) in [6.07, 6.45) is 8.60. The van der Waals surface area contributed by atoms with Crippen LogP contribution in [0.15, 0.2) is 78.3 Å². The molecule has 1 atom stereocenters. The number of para-hydroxylation sites is 2. The SMILES string of the molecule is C=CC1CN(C2CCCCC2)C(=Nc2ccccc2)N1c1ccccc1. The van der Waals surface area contributed by atoms with Crippen molar-refractivity contribution < 1.29 is 0 Å². The molecule has 3 nitrogen and oxygen atoms in total. The molecule has 0 amide bonds. The fourth-order valence-electron chi connectivity index (χ4n) is 4.17. The van der Waals surface area contributed by atoms with Gasteiger partial charge in [-0.2, -0.15) is 0 Å². The summed E-state index contributed by atoms with van der Waals surface area (Å²) >= 11 is 0.